The van der Waals surface area contributed by atoms with E-state index in [2.05, 4.69) is 46.7 Å². The summed E-state index contributed by atoms with van der Waals surface area (Å²) in [6, 6.07) is 0.512. The molecule has 4 fully saturated rings. The fourth-order valence-electron chi connectivity index (χ4n) is 8.21. The fraction of sp³-hybridized carbons (Fsp3) is 0.944. The van der Waals surface area contributed by atoms with Crippen LogP contribution in [0.4, 0.5) is 0 Å². The summed E-state index contributed by atoms with van der Waals surface area (Å²) in [6.07, 6.45) is 11.0. The Morgan fingerprint density at radius 3 is 2.20 bits per heavy atom. The molecule has 8 nitrogen and oxygen atoms in total. The molecule has 0 aromatic carbocycles. The molecule has 4 saturated heterocycles. The predicted molar refractivity (Wildman–Crippen MR) is 171 cm³/mol. The molecule has 4 heterocycles. The number of carbonyl (C=O) groups excluding carboxylic acids is 2. The molecule has 254 valence electrons. The number of rotatable bonds is 10. The van der Waals surface area contributed by atoms with E-state index in [9.17, 15) is 9.59 Å². The number of hydrogen-bond donors (Lipinski definition) is 0. The zero-order valence-electron chi connectivity index (χ0n) is 29.0. The van der Waals surface area contributed by atoms with Gasteiger partial charge in [0.05, 0.1) is 48.5 Å². The molecule has 0 saturated carbocycles. The Labute approximate surface area is 267 Å². The summed E-state index contributed by atoms with van der Waals surface area (Å²) in [5.41, 5.74) is 0. The molecular formula is C36H63NO7. The minimum Gasteiger partial charge on any atom is -0.462 e. The van der Waals surface area contributed by atoms with Gasteiger partial charge >= 0.3 is 11.9 Å². The molecule has 0 unspecified atom stereocenters. The lowest BCUT2D eigenvalue weighted by Crippen LogP contribution is -2.41. The molecule has 0 aromatic rings. The zero-order chi connectivity index (χ0) is 32.0. The molecule has 0 aliphatic carbocycles. The lowest BCUT2D eigenvalue weighted by atomic mass is 9.90. The molecule has 0 amide bonds. The van der Waals surface area contributed by atoms with Crippen LogP contribution in [0.3, 0.4) is 0 Å². The summed E-state index contributed by atoms with van der Waals surface area (Å²) in [4.78, 5) is 29.6. The van der Waals surface area contributed by atoms with Crippen molar-refractivity contribution in [3.63, 3.8) is 0 Å². The Kier molecular flexibility index (Phi) is 13.4. The molecule has 13 atom stereocenters. The van der Waals surface area contributed by atoms with Crippen LogP contribution in [-0.4, -0.2) is 85.8 Å². The SMILES string of the molecule is CCC[C@H](C[C@@H]1CC[C@H]([C@@H](C)[C@H]2C[C@@H]3CC[C@@H](O3)[C@@H](CC)C(=O)O[C@@H](CCC)[C@H](C)[C@@H]3CC[C@@H](O3)[C@H](C)C(=O)O2)O1)N(C)C. The monoisotopic (exact) mass is 621 g/mol. The standard InChI is InChI=1S/C36H63NO7/c1-9-12-25(37(7)8)20-26-14-16-30(40-26)23(5)34-21-27-15-17-33(41-27)28(11-3)36(39)43-29(13-10-2)22(4)31-18-19-32(42-31)24(6)35(38)44-34/h22-34H,9-21H2,1-8H3/t22-,23+,24-,25+,26-,27-,28+,29-,30+,31-,32+,33+,34+/m0/s1. The second-order valence-electron chi connectivity index (χ2n) is 14.7. The highest BCUT2D eigenvalue weighted by atomic mass is 16.6. The number of esters is 2. The van der Waals surface area contributed by atoms with Crippen molar-refractivity contribution in [3.8, 4) is 0 Å². The van der Waals surface area contributed by atoms with Crippen LogP contribution in [0.15, 0.2) is 0 Å². The summed E-state index contributed by atoms with van der Waals surface area (Å²) in [5, 5.41) is 0. The summed E-state index contributed by atoms with van der Waals surface area (Å²) in [5.74, 6) is -0.882. The van der Waals surface area contributed by atoms with Crippen molar-refractivity contribution in [2.75, 3.05) is 14.1 Å². The van der Waals surface area contributed by atoms with E-state index in [-0.39, 0.29) is 84.4 Å². The van der Waals surface area contributed by atoms with Crippen LogP contribution in [0.25, 0.3) is 0 Å². The zero-order valence-corrected chi connectivity index (χ0v) is 29.0. The maximum Gasteiger partial charge on any atom is 0.311 e. The van der Waals surface area contributed by atoms with Gasteiger partial charge in [0.25, 0.3) is 0 Å². The van der Waals surface area contributed by atoms with Crippen LogP contribution < -0.4 is 0 Å². The third kappa shape index (κ3) is 8.77. The Morgan fingerprint density at radius 2 is 1.52 bits per heavy atom. The van der Waals surface area contributed by atoms with Crippen LogP contribution in [0.2, 0.25) is 0 Å². The highest BCUT2D eigenvalue weighted by molar-refractivity contribution is 5.73. The minimum atomic E-state index is -0.365. The third-order valence-corrected chi connectivity index (χ3v) is 11.3. The highest BCUT2D eigenvalue weighted by Gasteiger charge is 2.44. The third-order valence-electron chi connectivity index (χ3n) is 11.3. The highest BCUT2D eigenvalue weighted by Crippen LogP contribution is 2.39. The Bertz CT molecular complexity index is 913. The Hall–Kier alpha value is -1.22. The van der Waals surface area contributed by atoms with Gasteiger partial charge in [-0.25, -0.2) is 0 Å². The first-order valence-electron chi connectivity index (χ1n) is 18.1. The molecule has 44 heavy (non-hydrogen) atoms. The van der Waals surface area contributed by atoms with Crippen LogP contribution in [0.5, 0.6) is 0 Å². The van der Waals surface area contributed by atoms with E-state index in [0.29, 0.717) is 18.9 Å². The quantitative estimate of drug-likeness (QED) is 0.249. The lowest BCUT2D eigenvalue weighted by Gasteiger charge is -2.34. The van der Waals surface area contributed by atoms with Crippen molar-refractivity contribution >= 4 is 11.9 Å². The van der Waals surface area contributed by atoms with Crippen LogP contribution in [0.1, 0.15) is 125 Å². The first kappa shape index (κ1) is 35.6. The predicted octanol–water partition coefficient (Wildman–Crippen LogP) is 6.71. The van der Waals surface area contributed by atoms with Gasteiger partial charge < -0.3 is 28.6 Å². The van der Waals surface area contributed by atoms with Gasteiger partial charge in [-0.2, -0.15) is 0 Å². The van der Waals surface area contributed by atoms with E-state index < -0.39 is 0 Å². The van der Waals surface area contributed by atoms with Crippen molar-refractivity contribution in [1.29, 1.82) is 0 Å². The second kappa shape index (κ2) is 16.6. The Balaban J connectivity index is 1.51. The van der Waals surface area contributed by atoms with Crippen molar-refractivity contribution in [2.24, 2.45) is 23.7 Å². The number of fused-ring (bicyclic) bond motifs is 4. The van der Waals surface area contributed by atoms with Gasteiger partial charge in [0.15, 0.2) is 0 Å². The van der Waals surface area contributed by atoms with Gasteiger partial charge in [-0.3, -0.25) is 9.59 Å². The van der Waals surface area contributed by atoms with Crippen molar-refractivity contribution in [1.82, 2.24) is 4.90 Å². The summed E-state index contributed by atoms with van der Waals surface area (Å²) in [7, 11) is 4.32. The fourth-order valence-corrected chi connectivity index (χ4v) is 8.21. The molecule has 8 heteroatoms. The van der Waals surface area contributed by atoms with Crippen molar-refractivity contribution in [3.05, 3.63) is 0 Å². The van der Waals surface area contributed by atoms with Crippen LogP contribution in [-0.2, 0) is 33.3 Å². The van der Waals surface area contributed by atoms with Crippen LogP contribution >= 0.6 is 0 Å². The van der Waals surface area contributed by atoms with Crippen molar-refractivity contribution in [2.45, 2.75) is 180 Å². The maximum atomic E-state index is 13.7. The van der Waals surface area contributed by atoms with E-state index in [1.165, 1.54) is 6.42 Å². The number of nitrogens with zero attached hydrogens (tertiary/aromatic N) is 1. The first-order valence-corrected chi connectivity index (χ1v) is 18.1. The van der Waals surface area contributed by atoms with E-state index >= 15 is 0 Å². The average molecular weight is 622 g/mol. The first-order chi connectivity index (χ1) is 21.1. The van der Waals surface area contributed by atoms with Gasteiger partial charge in [-0.15, -0.1) is 0 Å². The molecule has 4 aliphatic heterocycles. The van der Waals surface area contributed by atoms with Gasteiger partial charge in [0.1, 0.15) is 12.2 Å². The normalized spacial score (nSPS) is 40.2. The number of hydrogen-bond acceptors (Lipinski definition) is 8. The van der Waals surface area contributed by atoms with Gasteiger partial charge in [-0.1, -0.05) is 47.5 Å². The maximum absolute atomic E-state index is 13.7. The molecule has 0 radical (unpaired) electrons. The van der Waals surface area contributed by atoms with Gasteiger partial charge in [-0.05, 0) is 85.2 Å². The average Bonchev–Trinajstić information content (AvgIpc) is 3.77. The van der Waals surface area contributed by atoms with E-state index in [0.717, 1.165) is 64.2 Å². The van der Waals surface area contributed by atoms with E-state index in [4.69, 9.17) is 23.7 Å². The topological polar surface area (TPSA) is 83.5 Å². The van der Waals surface area contributed by atoms with Gasteiger partial charge in [0.2, 0.25) is 0 Å². The molecule has 0 aromatic heterocycles. The number of carbonyl (C=O) groups is 2. The summed E-state index contributed by atoms with van der Waals surface area (Å²) < 4.78 is 32.4. The molecule has 0 N–H and O–H groups in total. The van der Waals surface area contributed by atoms with E-state index in [1.54, 1.807) is 0 Å². The largest absolute Gasteiger partial charge is 0.462 e. The van der Waals surface area contributed by atoms with E-state index in [1.807, 2.05) is 13.8 Å². The molecule has 0 spiro atoms. The number of ether oxygens (including phenoxy) is 5. The van der Waals surface area contributed by atoms with Crippen molar-refractivity contribution < 1.29 is 33.3 Å². The second-order valence-corrected chi connectivity index (χ2v) is 14.7. The molecule has 4 aliphatic rings. The minimum absolute atomic E-state index is 0.0423. The lowest BCUT2D eigenvalue weighted by molar-refractivity contribution is -0.172. The van der Waals surface area contributed by atoms with Crippen LogP contribution in [0, 0.1) is 23.7 Å². The summed E-state index contributed by atoms with van der Waals surface area (Å²) in [6.45, 7) is 12.7. The number of cyclic esters (lactones) is 2. The summed E-state index contributed by atoms with van der Waals surface area (Å²) >= 11 is 0. The molecular weight excluding hydrogens is 558 g/mol. The molecule has 4 rings (SSSR count). The Morgan fingerprint density at radius 1 is 0.795 bits per heavy atom. The molecule has 4 bridgehead atoms. The smallest absolute Gasteiger partial charge is 0.311 e. The van der Waals surface area contributed by atoms with Gasteiger partial charge in [0, 0.05) is 24.3 Å².